The van der Waals surface area contributed by atoms with Gasteiger partial charge in [-0.15, -0.1) is 0 Å². The lowest BCUT2D eigenvalue weighted by Crippen LogP contribution is -3.15. The molecule has 0 unspecified atom stereocenters. The molecule has 0 bridgehead atoms. The summed E-state index contributed by atoms with van der Waals surface area (Å²) >= 11 is 0. The van der Waals surface area contributed by atoms with Gasteiger partial charge in [0.2, 0.25) is 0 Å². The van der Waals surface area contributed by atoms with Crippen molar-refractivity contribution in [3.63, 3.8) is 0 Å². The molecule has 0 atom stereocenters. The molecular weight excluding hydrogens is 374 g/mol. The van der Waals surface area contributed by atoms with E-state index in [0.29, 0.717) is 19.6 Å². The van der Waals surface area contributed by atoms with E-state index in [9.17, 15) is 9.59 Å². The Kier molecular flexibility index (Phi) is 6.48. The van der Waals surface area contributed by atoms with Gasteiger partial charge < -0.3 is 15.1 Å². The summed E-state index contributed by atoms with van der Waals surface area (Å²) in [6.07, 6.45) is 5.59. The van der Waals surface area contributed by atoms with Gasteiger partial charge in [-0.3, -0.25) is 9.59 Å². The third-order valence-electron chi connectivity index (χ3n) is 6.44. The predicted molar refractivity (Wildman–Crippen MR) is 119 cm³/mol. The van der Waals surface area contributed by atoms with Gasteiger partial charge in [0, 0.05) is 11.3 Å². The maximum absolute atomic E-state index is 13.0. The van der Waals surface area contributed by atoms with Crippen molar-refractivity contribution >= 4 is 17.5 Å². The number of quaternary nitrogens is 1. The van der Waals surface area contributed by atoms with E-state index in [-0.39, 0.29) is 11.8 Å². The SMILES string of the molecule is CCc1ccccc1NC(=O)C[NH+]1CCN(C(=O)c2ccc3c(c2)CCCC3)CC1. The molecule has 5 nitrogen and oxygen atoms in total. The summed E-state index contributed by atoms with van der Waals surface area (Å²) in [6, 6.07) is 14.2. The first kappa shape index (κ1) is 20.6. The number of para-hydroxylation sites is 1. The number of carbonyl (C=O) groups excluding carboxylic acids is 2. The number of rotatable bonds is 5. The maximum Gasteiger partial charge on any atom is 0.279 e. The molecule has 1 aliphatic carbocycles. The second-order valence-electron chi connectivity index (χ2n) is 8.47. The number of hydrogen-bond acceptors (Lipinski definition) is 2. The van der Waals surface area contributed by atoms with Crippen LogP contribution in [0.2, 0.25) is 0 Å². The molecule has 1 fully saturated rings. The Morgan fingerprint density at radius 1 is 1.00 bits per heavy atom. The average molecular weight is 407 g/mol. The van der Waals surface area contributed by atoms with E-state index in [2.05, 4.69) is 24.4 Å². The summed E-state index contributed by atoms with van der Waals surface area (Å²) in [4.78, 5) is 28.6. The van der Waals surface area contributed by atoms with Crippen molar-refractivity contribution in [2.24, 2.45) is 0 Å². The molecule has 30 heavy (non-hydrogen) atoms. The highest BCUT2D eigenvalue weighted by Crippen LogP contribution is 2.23. The molecule has 0 saturated carbocycles. The van der Waals surface area contributed by atoms with Gasteiger partial charge in [-0.05, 0) is 67.0 Å². The normalized spacial score (nSPS) is 16.8. The first-order chi connectivity index (χ1) is 14.6. The minimum Gasteiger partial charge on any atom is -0.327 e. The molecule has 158 valence electrons. The van der Waals surface area contributed by atoms with Crippen LogP contribution < -0.4 is 10.2 Å². The topological polar surface area (TPSA) is 53.9 Å². The number of benzene rings is 2. The van der Waals surface area contributed by atoms with Gasteiger partial charge in [-0.2, -0.15) is 0 Å². The quantitative estimate of drug-likeness (QED) is 0.799. The Labute approximate surface area is 179 Å². The van der Waals surface area contributed by atoms with Gasteiger partial charge in [0.1, 0.15) is 0 Å². The maximum atomic E-state index is 13.0. The molecule has 5 heteroatoms. The molecule has 2 N–H and O–H groups in total. The second kappa shape index (κ2) is 9.43. The summed E-state index contributed by atoms with van der Waals surface area (Å²) in [5, 5.41) is 3.06. The number of hydrogen-bond donors (Lipinski definition) is 2. The third-order valence-corrected chi connectivity index (χ3v) is 6.44. The molecule has 2 amide bonds. The van der Waals surface area contributed by atoms with Crippen molar-refractivity contribution in [1.82, 2.24) is 4.90 Å². The number of amides is 2. The summed E-state index contributed by atoms with van der Waals surface area (Å²) in [7, 11) is 0. The highest BCUT2D eigenvalue weighted by molar-refractivity contribution is 5.94. The Bertz CT molecular complexity index is 916. The van der Waals surface area contributed by atoms with Crippen LogP contribution in [0.4, 0.5) is 5.69 Å². The Morgan fingerprint density at radius 3 is 2.50 bits per heavy atom. The van der Waals surface area contributed by atoms with Crippen LogP contribution in [0.15, 0.2) is 42.5 Å². The number of piperazine rings is 1. The minimum absolute atomic E-state index is 0.0420. The van der Waals surface area contributed by atoms with E-state index in [1.807, 2.05) is 35.2 Å². The molecule has 0 radical (unpaired) electrons. The van der Waals surface area contributed by atoms with Gasteiger partial charge in [0.05, 0.1) is 26.2 Å². The van der Waals surface area contributed by atoms with E-state index in [1.54, 1.807) is 0 Å². The van der Waals surface area contributed by atoms with Crippen molar-refractivity contribution in [3.05, 3.63) is 64.7 Å². The monoisotopic (exact) mass is 406 g/mol. The molecular formula is C25H32N3O2+. The lowest BCUT2D eigenvalue weighted by molar-refractivity contribution is -0.895. The number of nitrogens with one attached hydrogen (secondary N) is 2. The fourth-order valence-corrected chi connectivity index (χ4v) is 4.62. The summed E-state index contributed by atoms with van der Waals surface area (Å²) in [6.45, 7) is 5.54. The summed E-state index contributed by atoms with van der Waals surface area (Å²) in [5.74, 6) is 0.170. The zero-order valence-corrected chi connectivity index (χ0v) is 17.9. The van der Waals surface area contributed by atoms with Crippen molar-refractivity contribution in [2.45, 2.75) is 39.0 Å². The molecule has 1 saturated heterocycles. The van der Waals surface area contributed by atoms with Gasteiger partial charge in [0.25, 0.3) is 11.8 Å². The lowest BCUT2D eigenvalue weighted by atomic mass is 9.90. The lowest BCUT2D eigenvalue weighted by Gasteiger charge is -2.32. The molecule has 2 aromatic carbocycles. The number of anilines is 1. The van der Waals surface area contributed by atoms with Crippen LogP contribution >= 0.6 is 0 Å². The van der Waals surface area contributed by atoms with E-state index in [4.69, 9.17) is 0 Å². The Hall–Kier alpha value is -2.66. The Morgan fingerprint density at radius 2 is 1.73 bits per heavy atom. The van der Waals surface area contributed by atoms with Gasteiger partial charge in [0.15, 0.2) is 6.54 Å². The molecule has 1 aliphatic heterocycles. The minimum atomic E-state index is 0.0420. The number of aryl methyl sites for hydroxylation is 3. The largest absolute Gasteiger partial charge is 0.327 e. The third kappa shape index (κ3) is 4.73. The van der Waals surface area contributed by atoms with E-state index in [1.165, 1.54) is 28.9 Å². The van der Waals surface area contributed by atoms with E-state index < -0.39 is 0 Å². The smallest absolute Gasteiger partial charge is 0.279 e. The van der Waals surface area contributed by atoms with Gasteiger partial charge in [-0.25, -0.2) is 0 Å². The van der Waals surface area contributed by atoms with Crippen LogP contribution in [0.25, 0.3) is 0 Å². The Balaban J connectivity index is 1.29. The number of fused-ring (bicyclic) bond motifs is 1. The zero-order valence-electron chi connectivity index (χ0n) is 17.9. The molecule has 0 spiro atoms. The first-order valence-electron chi connectivity index (χ1n) is 11.3. The van der Waals surface area contributed by atoms with Gasteiger partial charge >= 0.3 is 0 Å². The second-order valence-corrected chi connectivity index (χ2v) is 8.47. The van der Waals surface area contributed by atoms with E-state index >= 15 is 0 Å². The fraction of sp³-hybridized carbons (Fsp3) is 0.440. The average Bonchev–Trinajstić information content (AvgIpc) is 2.79. The van der Waals surface area contributed by atoms with Crippen molar-refractivity contribution in [3.8, 4) is 0 Å². The van der Waals surface area contributed by atoms with Crippen molar-refractivity contribution in [2.75, 3.05) is 38.0 Å². The zero-order chi connectivity index (χ0) is 20.9. The molecule has 0 aromatic heterocycles. The molecule has 2 aromatic rings. The van der Waals surface area contributed by atoms with E-state index in [0.717, 1.165) is 49.2 Å². The van der Waals surface area contributed by atoms with Gasteiger partial charge in [-0.1, -0.05) is 31.2 Å². The highest BCUT2D eigenvalue weighted by atomic mass is 16.2. The highest BCUT2D eigenvalue weighted by Gasteiger charge is 2.26. The predicted octanol–water partition coefficient (Wildman–Crippen LogP) is 2.11. The summed E-state index contributed by atoms with van der Waals surface area (Å²) < 4.78 is 0. The fourth-order valence-electron chi connectivity index (χ4n) is 4.62. The van der Waals surface area contributed by atoms with Crippen LogP contribution in [0.1, 0.15) is 46.8 Å². The van der Waals surface area contributed by atoms with Crippen LogP contribution in [-0.2, 0) is 24.1 Å². The van der Waals surface area contributed by atoms with Crippen LogP contribution in [0, 0.1) is 0 Å². The van der Waals surface area contributed by atoms with Crippen LogP contribution in [0.3, 0.4) is 0 Å². The molecule has 4 rings (SSSR count). The van der Waals surface area contributed by atoms with Crippen molar-refractivity contribution < 1.29 is 14.5 Å². The summed E-state index contributed by atoms with van der Waals surface area (Å²) in [5.41, 5.74) is 5.63. The van der Waals surface area contributed by atoms with Crippen LogP contribution in [0.5, 0.6) is 0 Å². The van der Waals surface area contributed by atoms with Crippen LogP contribution in [-0.4, -0.2) is 49.4 Å². The first-order valence-corrected chi connectivity index (χ1v) is 11.3. The van der Waals surface area contributed by atoms with Crippen molar-refractivity contribution in [1.29, 1.82) is 0 Å². The number of nitrogens with zero attached hydrogens (tertiary/aromatic N) is 1. The molecule has 2 aliphatic rings. The molecule has 1 heterocycles. The number of carbonyl (C=O) groups is 2. The standard InChI is InChI=1S/C25H31N3O2/c1-2-19-7-5-6-10-23(19)26-24(29)18-27-13-15-28(16-14-27)25(30)22-12-11-20-8-3-4-9-21(20)17-22/h5-7,10-12,17H,2-4,8-9,13-16,18H2,1H3,(H,26,29)/p+1.